The number of anilines is 2. The highest BCUT2D eigenvalue weighted by Gasteiger charge is 2.24. The number of halogens is 1. The second-order valence-corrected chi connectivity index (χ2v) is 7.52. The van der Waals surface area contributed by atoms with Gasteiger partial charge in [-0.25, -0.2) is 4.39 Å². The monoisotopic (exact) mass is 396 g/mol. The van der Waals surface area contributed by atoms with Gasteiger partial charge < -0.3 is 20.4 Å². The van der Waals surface area contributed by atoms with E-state index in [2.05, 4.69) is 15.5 Å². The summed E-state index contributed by atoms with van der Waals surface area (Å²) in [5.41, 5.74) is 2.42. The molecule has 2 amide bonds. The number of hydrogen-bond acceptors (Lipinski definition) is 4. The van der Waals surface area contributed by atoms with Crippen molar-refractivity contribution < 1.29 is 14.0 Å². The van der Waals surface area contributed by atoms with Crippen LogP contribution in [0.25, 0.3) is 0 Å². The summed E-state index contributed by atoms with van der Waals surface area (Å²) in [4.78, 5) is 28.5. The summed E-state index contributed by atoms with van der Waals surface area (Å²) >= 11 is 0. The SMILES string of the molecule is O=C(NC1CC1)c1ccc(NCC(=O)N2CCN(c3ccc(F)cc3)CC2)cc1. The Labute approximate surface area is 169 Å². The van der Waals surface area contributed by atoms with Gasteiger partial charge in [-0.1, -0.05) is 0 Å². The van der Waals surface area contributed by atoms with E-state index in [1.165, 1.54) is 12.1 Å². The molecule has 0 bridgehead atoms. The topological polar surface area (TPSA) is 64.7 Å². The third-order valence-electron chi connectivity index (χ3n) is 5.33. The maximum atomic E-state index is 13.1. The molecule has 1 saturated heterocycles. The van der Waals surface area contributed by atoms with Crippen LogP contribution in [0.2, 0.25) is 0 Å². The first-order chi connectivity index (χ1) is 14.1. The minimum atomic E-state index is -0.245. The molecule has 7 heteroatoms. The first kappa shape index (κ1) is 19.2. The molecule has 2 aromatic rings. The molecule has 1 aliphatic carbocycles. The summed E-state index contributed by atoms with van der Waals surface area (Å²) in [6, 6.07) is 14.0. The molecule has 0 unspecified atom stereocenters. The third-order valence-corrected chi connectivity index (χ3v) is 5.33. The fraction of sp³-hybridized carbons (Fsp3) is 0.364. The van der Waals surface area contributed by atoms with Gasteiger partial charge in [-0.15, -0.1) is 0 Å². The normalized spacial score (nSPS) is 16.4. The molecule has 1 heterocycles. The van der Waals surface area contributed by atoms with E-state index in [1.807, 2.05) is 17.0 Å². The molecule has 152 valence electrons. The molecule has 1 aliphatic heterocycles. The van der Waals surface area contributed by atoms with Gasteiger partial charge in [-0.2, -0.15) is 0 Å². The van der Waals surface area contributed by atoms with Crippen molar-refractivity contribution in [3.8, 4) is 0 Å². The number of rotatable bonds is 6. The average Bonchev–Trinajstić information content (AvgIpc) is 3.57. The highest BCUT2D eigenvalue weighted by atomic mass is 19.1. The van der Waals surface area contributed by atoms with Crippen LogP contribution in [0.5, 0.6) is 0 Å². The Morgan fingerprint density at radius 2 is 1.59 bits per heavy atom. The second-order valence-electron chi connectivity index (χ2n) is 7.52. The number of benzene rings is 2. The van der Waals surface area contributed by atoms with E-state index in [0.29, 0.717) is 24.7 Å². The number of hydrogen-bond donors (Lipinski definition) is 2. The Bertz CT molecular complexity index is 857. The van der Waals surface area contributed by atoms with Crippen LogP contribution < -0.4 is 15.5 Å². The van der Waals surface area contributed by atoms with Crippen molar-refractivity contribution in [1.82, 2.24) is 10.2 Å². The Morgan fingerprint density at radius 1 is 0.931 bits per heavy atom. The Hall–Kier alpha value is -3.09. The minimum Gasteiger partial charge on any atom is -0.376 e. The zero-order valence-electron chi connectivity index (χ0n) is 16.2. The van der Waals surface area contributed by atoms with E-state index in [0.717, 1.165) is 37.3 Å². The van der Waals surface area contributed by atoms with Gasteiger partial charge in [-0.05, 0) is 61.4 Å². The highest BCUT2D eigenvalue weighted by Crippen LogP contribution is 2.20. The predicted molar refractivity (Wildman–Crippen MR) is 111 cm³/mol. The smallest absolute Gasteiger partial charge is 0.251 e. The van der Waals surface area contributed by atoms with Crippen LogP contribution in [0.15, 0.2) is 48.5 Å². The molecule has 0 atom stereocenters. The molecule has 2 fully saturated rings. The molecule has 4 rings (SSSR count). The summed E-state index contributed by atoms with van der Waals surface area (Å²) in [6.45, 7) is 2.94. The van der Waals surface area contributed by atoms with Crippen LogP contribution >= 0.6 is 0 Å². The zero-order valence-corrected chi connectivity index (χ0v) is 16.2. The van der Waals surface area contributed by atoms with Crippen molar-refractivity contribution in [2.75, 3.05) is 42.9 Å². The number of nitrogens with zero attached hydrogens (tertiary/aromatic N) is 2. The van der Waals surface area contributed by atoms with Gasteiger partial charge in [0.15, 0.2) is 0 Å². The maximum Gasteiger partial charge on any atom is 0.251 e. The molecule has 0 radical (unpaired) electrons. The summed E-state index contributed by atoms with van der Waals surface area (Å²) in [7, 11) is 0. The van der Waals surface area contributed by atoms with Crippen LogP contribution in [0, 0.1) is 5.82 Å². The maximum absolute atomic E-state index is 13.1. The van der Waals surface area contributed by atoms with E-state index in [9.17, 15) is 14.0 Å². The fourth-order valence-electron chi connectivity index (χ4n) is 3.39. The fourth-order valence-corrected chi connectivity index (χ4v) is 3.39. The van der Waals surface area contributed by atoms with Gasteiger partial charge in [0.1, 0.15) is 5.82 Å². The Kier molecular flexibility index (Phi) is 5.64. The molecule has 6 nitrogen and oxygen atoms in total. The molecular weight excluding hydrogens is 371 g/mol. The lowest BCUT2D eigenvalue weighted by Crippen LogP contribution is -2.50. The molecule has 2 aliphatic rings. The molecule has 2 aromatic carbocycles. The minimum absolute atomic E-state index is 0.0410. The van der Waals surface area contributed by atoms with E-state index in [-0.39, 0.29) is 24.2 Å². The van der Waals surface area contributed by atoms with Crippen molar-refractivity contribution in [3.63, 3.8) is 0 Å². The average molecular weight is 396 g/mol. The van der Waals surface area contributed by atoms with Gasteiger partial charge in [0, 0.05) is 49.2 Å². The van der Waals surface area contributed by atoms with Crippen molar-refractivity contribution in [2.45, 2.75) is 18.9 Å². The van der Waals surface area contributed by atoms with Gasteiger partial charge in [0.25, 0.3) is 5.91 Å². The first-order valence-electron chi connectivity index (χ1n) is 10.0. The number of piperazine rings is 1. The number of amides is 2. The van der Waals surface area contributed by atoms with Crippen LogP contribution in [0.1, 0.15) is 23.2 Å². The number of nitrogens with one attached hydrogen (secondary N) is 2. The predicted octanol–water partition coefficient (Wildman–Crippen LogP) is 2.48. The zero-order chi connectivity index (χ0) is 20.2. The largest absolute Gasteiger partial charge is 0.376 e. The molecule has 2 N–H and O–H groups in total. The summed E-state index contributed by atoms with van der Waals surface area (Å²) in [6.07, 6.45) is 2.12. The standard InChI is InChI=1S/C22H25FN4O2/c23-17-3-9-20(10-4-17)26-11-13-27(14-12-26)21(28)15-24-18-5-1-16(2-6-18)22(29)25-19-7-8-19/h1-6,9-10,19,24H,7-8,11-15H2,(H,25,29). The lowest BCUT2D eigenvalue weighted by molar-refractivity contribution is -0.129. The number of carbonyl (C=O) groups is 2. The quantitative estimate of drug-likeness (QED) is 0.788. The lowest BCUT2D eigenvalue weighted by atomic mass is 10.2. The second kappa shape index (κ2) is 8.51. The summed E-state index contributed by atoms with van der Waals surface area (Å²) < 4.78 is 13.1. The van der Waals surface area contributed by atoms with Crippen LogP contribution in [-0.2, 0) is 4.79 Å². The van der Waals surface area contributed by atoms with Gasteiger partial charge >= 0.3 is 0 Å². The van der Waals surface area contributed by atoms with E-state index < -0.39 is 0 Å². The van der Waals surface area contributed by atoms with E-state index in [1.54, 1.807) is 24.3 Å². The first-order valence-corrected chi connectivity index (χ1v) is 10.0. The summed E-state index contributed by atoms with van der Waals surface area (Å²) in [5.74, 6) is -0.251. The van der Waals surface area contributed by atoms with Crippen molar-refractivity contribution in [2.24, 2.45) is 0 Å². The molecule has 1 saturated carbocycles. The van der Waals surface area contributed by atoms with Crippen molar-refractivity contribution >= 4 is 23.2 Å². The molecular formula is C22H25FN4O2. The van der Waals surface area contributed by atoms with Gasteiger partial charge in [0.05, 0.1) is 6.54 Å². The third kappa shape index (κ3) is 5.04. The molecule has 0 spiro atoms. The highest BCUT2D eigenvalue weighted by molar-refractivity contribution is 5.95. The Morgan fingerprint density at radius 3 is 2.21 bits per heavy atom. The molecule has 0 aromatic heterocycles. The van der Waals surface area contributed by atoms with Crippen molar-refractivity contribution in [3.05, 3.63) is 59.9 Å². The van der Waals surface area contributed by atoms with E-state index in [4.69, 9.17) is 0 Å². The van der Waals surface area contributed by atoms with Gasteiger partial charge in [0.2, 0.25) is 5.91 Å². The van der Waals surface area contributed by atoms with E-state index >= 15 is 0 Å². The van der Waals surface area contributed by atoms with Crippen molar-refractivity contribution in [1.29, 1.82) is 0 Å². The van der Waals surface area contributed by atoms with Crippen LogP contribution in [0.4, 0.5) is 15.8 Å². The summed E-state index contributed by atoms with van der Waals surface area (Å²) in [5, 5.41) is 6.09. The van der Waals surface area contributed by atoms with Gasteiger partial charge in [-0.3, -0.25) is 9.59 Å². The lowest BCUT2D eigenvalue weighted by Gasteiger charge is -2.36. The van der Waals surface area contributed by atoms with Crippen LogP contribution in [-0.4, -0.2) is 55.5 Å². The number of carbonyl (C=O) groups excluding carboxylic acids is 2. The Balaban J connectivity index is 1.22. The van der Waals surface area contributed by atoms with Crippen LogP contribution in [0.3, 0.4) is 0 Å². The molecule has 29 heavy (non-hydrogen) atoms.